The van der Waals surface area contributed by atoms with Crippen LogP contribution in [0.3, 0.4) is 0 Å². The van der Waals surface area contributed by atoms with Gasteiger partial charge in [-0.15, -0.1) is 0 Å². The van der Waals surface area contributed by atoms with Gasteiger partial charge >= 0.3 is 0 Å². The SMILES string of the molecule is O=S(=O)([O-])c1cc(N=c2[nH]c(=Nc3cccc(S(=O)(=O)NCCO)c3)[nH]c(=Nc3cccc(S(=O)(=O)NCCO)c3)[nH]2)ccc1-c1ccc(N=c2[nH]c(=Nc3cccc(S(=O)(=O)NCCO)c3)[nH]c(=Nc3cccc(S(=O)(=O)NCCO)c3)[nH]2)cc1S(=O)(=O)[O-]. The molecule has 0 saturated carbocycles. The van der Waals surface area contributed by atoms with Crippen molar-refractivity contribution in [2.24, 2.45) is 30.0 Å². The molecule has 0 aliphatic rings. The van der Waals surface area contributed by atoms with Crippen LogP contribution in [-0.4, -0.2) is 163 Å². The second-order valence-electron chi connectivity index (χ2n) is 18.3. The Morgan fingerprint density at radius 1 is 0.311 bits per heavy atom. The van der Waals surface area contributed by atoms with Crippen molar-refractivity contribution in [2.75, 3.05) is 52.6 Å². The van der Waals surface area contributed by atoms with Gasteiger partial charge in [0.25, 0.3) is 0 Å². The van der Waals surface area contributed by atoms with Gasteiger partial charge in [-0.1, -0.05) is 36.4 Å². The third-order valence-corrected chi connectivity index (χ3v) is 19.3. The summed E-state index contributed by atoms with van der Waals surface area (Å²) in [5.74, 6) is 0. The molecule has 8 rings (SSSR count). The zero-order valence-corrected chi connectivity index (χ0v) is 50.9. The molecule has 2 heterocycles. The molecule has 0 aliphatic carbocycles. The van der Waals surface area contributed by atoms with Crippen LogP contribution in [0.15, 0.2) is 193 Å². The first-order chi connectivity index (χ1) is 42.6. The number of benzene rings is 6. The van der Waals surface area contributed by atoms with E-state index < -0.39 is 108 Å². The molecule has 0 atom stereocenters. The number of nitrogens with zero attached hydrogens (tertiary/aromatic N) is 6. The van der Waals surface area contributed by atoms with Crippen LogP contribution in [0.2, 0.25) is 0 Å². The number of rotatable bonds is 25. The van der Waals surface area contributed by atoms with Gasteiger partial charge in [-0.05, 0) is 97.1 Å². The zero-order valence-electron chi connectivity index (χ0n) is 46.0. The molecule has 0 fully saturated rings. The number of aromatic nitrogens is 6. The minimum atomic E-state index is -5.61. The Balaban J connectivity index is 1.27. The molecule has 90 heavy (non-hydrogen) atoms. The van der Waals surface area contributed by atoms with Gasteiger partial charge in [-0.3, -0.25) is 29.9 Å². The van der Waals surface area contributed by atoms with Gasteiger partial charge in [0.1, 0.15) is 20.2 Å². The summed E-state index contributed by atoms with van der Waals surface area (Å²) in [4.78, 5) is 39.9. The standard InChI is InChI=1S/C50H54N16O18S6/c67-21-17-51-85(71,72)37-9-1-5-31(25-37)55-45-61-46(56-32-6-2-10-38(26-32)86(73,74)52-18-22-68)64-49(63-45)59-35-13-15-41(43(29-35)89(79,80)81)42-16-14-36(30-44(42)90(82,83)84)60-50-65-47(57-33-7-3-11-39(27-33)87(75,76)53-19-23-69)62-48(66-50)58-34-8-4-12-40(28-34)88(77,78)54-20-24-70/h1-16,25-30,51-54,67-70H,17-24H2,(H,79,80,81)(H,82,83,84)(H3,55,56,59,61,63,64)(H3,57,58,60,62,65,66)/p-2. The summed E-state index contributed by atoms with van der Waals surface area (Å²) < 4.78 is 191. The Morgan fingerprint density at radius 2 is 0.522 bits per heavy atom. The number of H-pyrrole nitrogens is 6. The maximum Gasteiger partial charge on any atom is 0.240 e. The Kier molecular flexibility index (Phi) is 21.3. The summed E-state index contributed by atoms with van der Waals surface area (Å²) >= 11 is 0. The van der Waals surface area contributed by atoms with Crippen LogP contribution in [0, 0.1) is 0 Å². The lowest BCUT2D eigenvalue weighted by Gasteiger charge is -2.18. The Labute approximate surface area is 510 Å². The normalized spacial score (nSPS) is 13.4. The van der Waals surface area contributed by atoms with Gasteiger partial charge in [0, 0.05) is 37.3 Å². The molecule has 14 N–H and O–H groups in total. The first-order valence-corrected chi connectivity index (χ1v) is 34.5. The van der Waals surface area contributed by atoms with Crippen molar-refractivity contribution in [3.05, 3.63) is 167 Å². The molecule has 8 aromatic rings. The van der Waals surface area contributed by atoms with Crippen LogP contribution >= 0.6 is 0 Å². The smallest absolute Gasteiger partial charge is 0.240 e. The molecule has 0 saturated heterocycles. The highest BCUT2D eigenvalue weighted by molar-refractivity contribution is 7.90. The first-order valence-electron chi connectivity index (χ1n) is 25.7. The fraction of sp³-hybridized carbons (Fsp3) is 0.160. The maximum absolute atomic E-state index is 13.1. The van der Waals surface area contributed by atoms with Gasteiger partial charge in [-0.2, -0.15) is 0 Å². The van der Waals surface area contributed by atoms with Crippen molar-refractivity contribution in [1.82, 2.24) is 48.8 Å². The molecule has 0 radical (unpaired) electrons. The molecule has 0 aliphatic heterocycles. The number of sulfonamides is 4. The van der Waals surface area contributed by atoms with Gasteiger partial charge in [0.05, 0.1) is 89.9 Å². The van der Waals surface area contributed by atoms with Gasteiger partial charge in [-0.25, -0.2) is 99.3 Å². The molecule has 6 aromatic carbocycles. The third kappa shape index (κ3) is 17.9. The number of nitrogens with one attached hydrogen (secondary N) is 10. The molecule has 0 spiro atoms. The lowest BCUT2D eigenvalue weighted by Crippen LogP contribution is -2.36. The predicted molar refractivity (Wildman–Crippen MR) is 313 cm³/mol. The fourth-order valence-electron chi connectivity index (χ4n) is 7.92. The maximum atomic E-state index is 13.1. The molecular weight excluding hydrogens is 1310 g/mol. The predicted octanol–water partition coefficient (Wildman–Crippen LogP) is -2.39. The number of hydrogen-bond donors (Lipinski definition) is 14. The average Bonchev–Trinajstić information content (AvgIpc) is 0.806. The van der Waals surface area contributed by atoms with E-state index in [9.17, 15) is 80.0 Å². The van der Waals surface area contributed by atoms with E-state index in [0.29, 0.717) is 0 Å². The van der Waals surface area contributed by atoms with Gasteiger partial charge in [0.2, 0.25) is 73.8 Å². The highest BCUT2D eigenvalue weighted by Gasteiger charge is 2.21. The molecular formula is C50H52N16O18S6-2. The number of aliphatic hydroxyl groups excluding tert-OH is 4. The van der Waals surface area contributed by atoms with Gasteiger partial charge in [0.15, 0.2) is 0 Å². The molecule has 0 amide bonds. The molecule has 0 unspecified atom stereocenters. The summed E-state index contributed by atoms with van der Waals surface area (Å²) in [6.45, 7) is -3.18. The zero-order chi connectivity index (χ0) is 65.1. The lowest BCUT2D eigenvalue weighted by atomic mass is 10.0. The van der Waals surface area contributed by atoms with E-state index in [1.54, 1.807) is 0 Å². The molecule has 0 bridgehead atoms. The minimum Gasteiger partial charge on any atom is -0.744 e. The molecule has 40 heteroatoms. The quantitative estimate of drug-likeness (QED) is 0.0265. The van der Waals surface area contributed by atoms with Gasteiger partial charge < -0.3 is 29.5 Å². The van der Waals surface area contributed by atoms with Crippen molar-refractivity contribution in [2.45, 2.75) is 29.4 Å². The third-order valence-electron chi connectivity index (χ3n) is 11.8. The highest BCUT2D eigenvalue weighted by Crippen LogP contribution is 2.36. The van der Waals surface area contributed by atoms with E-state index in [4.69, 9.17) is 0 Å². The fourth-order valence-corrected chi connectivity index (χ4v) is 13.6. The van der Waals surface area contributed by atoms with Crippen molar-refractivity contribution < 1.29 is 80.0 Å². The topological polar surface area (TPSA) is 549 Å². The van der Waals surface area contributed by atoms with Crippen molar-refractivity contribution in [1.29, 1.82) is 0 Å². The van der Waals surface area contributed by atoms with Crippen LogP contribution in [0.4, 0.5) is 34.1 Å². The first kappa shape index (κ1) is 67.4. The summed E-state index contributed by atoms with van der Waals surface area (Å²) in [5.41, 5.74) is -3.31. The second kappa shape index (κ2) is 28.5. The Morgan fingerprint density at radius 3 is 0.722 bits per heavy atom. The lowest BCUT2D eigenvalue weighted by molar-refractivity contribution is 0.300. The van der Waals surface area contributed by atoms with E-state index >= 15 is 0 Å². The van der Waals surface area contributed by atoms with E-state index in [1.807, 2.05) is 0 Å². The Hall–Kier alpha value is -8.56. The summed E-state index contributed by atoms with van der Waals surface area (Å²) in [6.07, 6.45) is 0. The summed E-state index contributed by atoms with van der Waals surface area (Å²) in [6, 6.07) is 26.5. The number of hydrogen-bond acceptors (Lipinski definition) is 24. The van der Waals surface area contributed by atoms with Crippen molar-refractivity contribution in [3.8, 4) is 11.1 Å². The molecule has 2 aromatic heterocycles. The minimum absolute atomic E-state index is 0.0115. The van der Waals surface area contributed by atoms with Crippen molar-refractivity contribution >= 4 is 94.5 Å². The van der Waals surface area contributed by atoms with Crippen LogP contribution in [-0.2, 0) is 60.3 Å². The van der Waals surface area contributed by atoms with Crippen LogP contribution < -0.4 is 52.6 Å². The monoisotopic (exact) mass is 1360 g/mol. The van der Waals surface area contributed by atoms with Crippen molar-refractivity contribution in [3.63, 3.8) is 0 Å². The average molecular weight is 1360 g/mol. The number of aliphatic hydroxyl groups is 4. The molecule has 478 valence electrons. The van der Waals surface area contributed by atoms with E-state index in [2.05, 4.69) is 78.7 Å². The summed E-state index contributed by atoms with van der Waals surface area (Å²) in [5, 5.41) is 36.8. The Bertz CT molecular complexity index is 4650. The van der Waals surface area contributed by atoms with E-state index in [0.717, 1.165) is 36.4 Å². The van der Waals surface area contributed by atoms with E-state index in [-0.39, 0.29) is 114 Å². The van der Waals surface area contributed by atoms with E-state index in [1.165, 1.54) is 97.1 Å². The summed E-state index contributed by atoms with van der Waals surface area (Å²) in [7, 11) is -27.8. The van der Waals surface area contributed by atoms with Crippen LogP contribution in [0.25, 0.3) is 11.1 Å². The largest absolute Gasteiger partial charge is 0.744 e. The second-order valence-corrected chi connectivity index (χ2v) is 28.0. The molecule has 34 nitrogen and oxygen atoms in total. The van der Waals surface area contributed by atoms with Crippen LogP contribution in [0.1, 0.15) is 0 Å². The van der Waals surface area contributed by atoms with Crippen LogP contribution in [0.5, 0.6) is 0 Å². The number of aromatic amines is 6. The highest BCUT2D eigenvalue weighted by atomic mass is 32.2.